The standard InChI is InChI=1S/C19H22O/c1-19-10-3-4-18(19)17-7-5-13-12-14(20-2)6-8-15(13)16(17)9-11-19/h4,6,8,12H,3,5,7,9-11H2,1-2H3/t19-/m1/s1. The molecule has 0 aromatic heterocycles. The highest BCUT2D eigenvalue weighted by Gasteiger charge is 2.39. The Hall–Kier alpha value is -1.50. The zero-order chi connectivity index (χ0) is 13.7. The Kier molecular flexibility index (Phi) is 2.60. The molecule has 1 aromatic rings. The van der Waals surface area contributed by atoms with E-state index in [1.54, 1.807) is 23.8 Å². The number of hydrogen-bond donors (Lipinski definition) is 0. The van der Waals surface area contributed by atoms with Crippen molar-refractivity contribution in [1.29, 1.82) is 0 Å². The lowest BCUT2D eigenvalue weighted by molar-refractivity contribution is 0.359. The number of rotatable bonds is 1. The van der Waals surface area contributed by atoms with Crippen LogP contribution < -0.4 is 4.74 Å². The van der Waals surface area contributed by atoms with Gasteiger partial charge in [-0.3, -0.25) is 0 Å². The molecule has 0 bridgehead atoms. The van der Waals surface area contributed by atoms with E-state index in [1.165, 1.54) is 49.7 Å². The molecule has 0 spiro atoms. The topological polar surface area (TPSA) is 9.23 Å². The minimum absolute atomic E-state index is 0.475. The zero-order valence-corrected chi connectivity index (χ0v) is 12.5. The van der Waals surface area contributed by atoms with E-state index in [0.717, 1.165) is 5.75 Å². The molecular weight excluding hydrogens is 244 g/mol. The summed E-state index contributed by atoms with van der Waals surface area (Å²) in [5.74, 6) is 0.994. The lowest BCUT2D eigenvalue weighted by atomic mass is 9.66. The first-order valence-electron chi connectivity index (χ1n) is 7.82. The molecule has 0 radical (unpaired) electrons. The fourth-order valence-corrected chi connectivity index (χ4v) is 4.42. The first-order valence-corrected chi connectivity index (χ1v) is 7.82. The molecule has 0 unspecified atom stereocenters. The molecule has 1 atom stereocenters. The summed E-state index contributed by atoms with van der Waals surface area (Å²) in [6.45, 7) is 2.47. The minimum atomic E-state index is 0.475. The van der Waals surface area contributed by atoms with Gasteiger partial charge in [-0.1, -0.05) is 19.1 Å². The van der Waals surface area contributed by atoms with Crippen molar-refractivity contribution in [3.63, 3.8) is 0 Å². The number of ether oxygens (including phenoxy) is 1. The Morgan fingerprint density at radius 3 is 2.80 bits per heavy atom. The van der Waals surface area contributed by atoms with Gasteiger partial charge in [-0.25, -0.2) is 0 Å². The van der Waals surface area contributed by atoms with Crippen LogP contribution in [0.3, 0.4) is 0 Å². The van der Waals surface area contributed by atoms with E-state index < -0.39 is 0 Å². The van der Waals surface area contributed by atoms with E-state index in [0.29, 0.717) is 5.41 Å². The molecule has 0 amide bonds. The van der Waals surface area contributed by atoms with Crippen LogP contribution in [-0.4, -0.2) is 7.11 Å². The Balaban J connectivity index is 1.84. The van der Waals surface area contributed by atoms with Crippen molar-refractivity contribution in [2.24, 2.45) is 5.41 Å². The quantitative estimate of drug-likeness (QED) is 0.701. The highest BCUT2D eigenvalue weighted by molar-refractivity contribution is 5.79. The highest BCUT2D eigenvalue weighted by Crippen LogP contribution is 2.55. The fourth-order valence-electron chi connectivity index (χ4n) is 4.42. The molecule has 104 valence electrons. The Labute approximate surface area is 121 Å². The summed E-state index contributed by atoms with van der Waals surface area (Å²) < 4.78 is 5.37. The number of allylic oxidation sites excluding steroid dienone is 4. The number of benzene rings is 1. The smallest absolute Gasteiger partial charge is 0.119 e. The van der Waals surface area contributed by atoms with Crippen LogP contribution in [0.2, 0.25) is 0 Å². The van der Waals surface area contributed by atoms with E-state index in [-0.39, 0.29) is 0 Å². The maximum Gasteiger partial charge on any atom is 0.119 e. The van der Waals surface area contributed by atoms with Gasteiger partial charge >= 0.3 is 0 Å². The number of hydrogen-bond acceptors (Lipinski definition) is 1. The Bertz CT molecular complexity index is 635. The molecule has 3 aliphatic rings. The van der Waals surface area contributed by atoms with Gasteiger partial charge in [0.25, 0.3) is 0 Å². The Morgan fingerprint density at radius 2 is 1.95 bits per heavy atom. The van der Waals surface area contributed by atoms with Gasteiger partial charge in [0.15, 0.2) is 0 Å². The van der Waals surface area contributed by atoms with E-state index in [1.807, 2.05) is 0 Å². The maximum absolute atomic E-state index is 5.37. The molecular formula is C19H22O. The minimum Gasteiger partial charge on any atom is -0.497 e. The Morgan fingerprint density at radius 1 is 1.05 bits per heavy atom. The van der Waals surface area contributed by atoms with Crippen molar-refractivity contribution < 1.29 is 4.74 Å². The SMILES string of the molecule is COc1ccc2c(c1)CCC1=C2CC[C@@]2(C)CCC=C12. The van der Waals surface area contributed by atoms with Gasteiger partial charge in [0.05, 0.1) is 7.11 Å². The third-order valence-electron chi connectivity index (χ3n) is 5.59. The highest BCUT2D eigenvalue weighted by atomic mass is 16.5. The summed E-state index contributed by atoms with van der Waals surface area (Å²) >= 11 is 0. The number of aryl methyl sites for hydroxylation is 1. The summed E-state index contributed by atoms with van der Waals surface area (Å²) in [6, 6.07) is 6.63. The van der Waals surface area contributed by atoms with Crippen molar-refractivity contribution in [2.45, 2.75) is 45.4 Å². The molecule has 0 saturated carbocycles. The average molecular weight is 266 g/mol. The van der Waals surface area contributed by atoms with E-state index >= 15 is 0 Å². The second kappa shape index (κ2) is 4.25. The summed E-state index contributed by atoms with van der Waals surface area (Å²) in [7, 11) is 1.75. The van der Waals surface area contributed by atoms with Gasteiger partial charge in [0.1, 0.15) is 5.75 Å². The lowest BCUT2D eigenvalue weighted by Crippen LogP contribution is -2.24. The average Bonchev–Trinajstić information content (AvgIpc) is 2.88. The van der Waals surface area contributed by atoms with Gasteiger partial charge in [0, 0.05) is 0 Å². The van der Waals surface area contributed by atoms with E-state index in [9.17, 15) is 0 Å². The predicted octanol–water partition coefficient (Wildman–Crippen LogP) is 4.92. The molecule has 20 heavy (non-hydrogen) atoms. The molecule has 0 aliphatic heterocycles. The van der Waals surface area contributed by atoms with Gasteiger partial charge in [0.2, 0.25) is 0 Å². The van der Waals surface area contributed by atoms with Crippen LogP contribution >= 0.6 is 0 Å². The van der Waals surface area contributed by atoms with Crippen LogP contribution in [0.1, 0.15) is 50.2 Å². The third-order valence-corrected chi connectivity index (χ3v) is 5.59. The van der Waals surface area contributed by atoms with Crippen LogP contribution in [-0.2, 0) is 6.42 Å². The van der Waals surface area contributed by atoms with Gasteiger partial charge in [-0.15, -0.1) is 0 Å². The summed E-state index contributed by atoms with van der Waals surface area (Å²) in [5.41, 5.74) is 8.42. The summed E-state index contributed by atoms with van der Waals surface area (Å²) in [6.07, 6.45) is 10.1. The molecule has 4 rings (SSSR count). The molecule has 0 fully saturated rings. The third kappa shape index (κ3) is 1.62. The first kappa shape index (κ1) is 12.3. The maximum atomic E-state index is 5.37. The van der Waals surface area contributed by atoms with Crippen LogP contribution in [0.15, 0.2) is 35.4 Å². The molecule has 0 N–H and O–H groups in total. The number of fused-ring (bicyclic) bond motifs is 4. The normalized spacial score (nSPS) is 27.6. The molecule has 1 nitrogen and oxygen atoms in total. The molecule has 0 saturated heterocycles. The van der Waals surface area contributed by atoms with Crippen LogP contribution in [0.5, 0.6) is 5.75 Å². The summed E-state index contributed by atoms with van der Waals surface area (Å²) in [5, 5.41) is 0. The number of methoxy groups -OCH3 is 1. The second-order valence-corrected chi connectivity index (χ2v) is 6.70. The molecule has 3 aliphatic carbocycles. The molecule has 1 heteroatoms. The predicted molar refractivity (Wildman–Crippen MR) is 82.9 cm³/mol. The largest absolute Gasteiger partial charge is 0.497 e. The first-order chi connectivity index (χ1) is 9.71. The van der Waals surface area contributed by atoms with Gasteiger partial charge in [-0.05, 0) is 83.9 Å². The fraction of sp³-hybridized carbons (Fsp3) is 0.474. The monoisotopic (exact) mass is 266 g/mol. The van der Waals surface area contributed by atoms with Crippen LogP contribution in [0, 0.1) is 5.41 Å². The van der Waals surface area contributed by atoms with Crippen molar-refractivity contribution in [1.82, 2.24) is 0 Å². The second-order valence-electron chi connectivity index (χ2n) is 6.70. The van der Waals surface area contributed by atoms with Gasteiger partial charge in [-0.2, -0.15) is 0 Å². The van der Waals surface area contributed by atoms with Crippen LogP contribution in [0.25, 0.3) is 5.57 Å². The van der Waals surface area contributed by atoms with Crippen LogP contribution in [0.4, 0.5) is 0 Å². The van der Waals surface area contributed by atoms with Crippen molar-refractivity contribution in [3.8, 4) is 5.75 Å². The van der Waals surface area contributed by atoms with Crippen molar-refractivity contribution >= 4 is 5.57 Å². The van der Waals surface area contributed by atoms with E-state index in [2.05, 4.69) is 31.2 Å². The molecule has 1 aromatic carbocycles. The lowest BCUT2D eigenvalue weighted by Gasteiger charge is -2.39. The molecule has 0 heterocycles. The zero-order valence-electron chi connectivity index (χ0n) is 12.5. The summed E-state index contributed by atoms with van der Waals surface area (Å²) in [4.78, 5) is 0. The van der Waals surface area contributed by atoms with E-state index in [4.69, 9.17) is 4.74 Å². The van der Waals surface area contributed by atoms with Crippen molar-refractivity contribution in [3.05, 3.63) is 46.5 Å². The van der Waals surface area contributed by atoms with Gasteiger partial charge < -0.3 is 4.74 Å². The van der Waals surface area contributed by atoms with Crippen molar-refractivity contribution in [2.75, 3.05) is 7.11 Å².